The first-order chi connectivity index (χ1) is 45.7. The second-order valence-corrected chi connectivity index (χ2v) is 31.7. The zero-order valence-corrected chi connectivity index (χ0v) is 57.5. The van der Waals surface area contributed by atoms with Crippen LogP contribution in [0.25, 0.3) is 0 Å². The molecule has 16 N–H and O–H groups in total. The third-order valence-corrected chi connectivity index (χ3v) is 24.6. The van der Waals surface area contributed by atoms with E-state index in [0.29, 0.717) is 32.1 Å². The van der Waals surface area contributed by atoms with Crippen molar-refractivity contribution >= 4 is 17.9 Å². The highest BCUT2D eigenvalue weighted by Gasteiger charge is 2.73. The third kappa shape index (κ3) is 13.8. The van der Waals surface area contributed by atoms with E-state index in [1.165, 1.54) is 34.6 Å². The SMILES string of the molecule is CC(O)CC(=O)OC(C)CC(=O)OC1C(C)OC(OC(=O)C23CCC(C)(C)CC2C2=CCC4C5(C)CC(O)C(OC6OC(CO)C(O)C(O)C6O)C(C)(CO)C5CCC4(C)C2(C)CC3O)C(OC2OC(C)C(OC3OCC(O)C(OC4OC(C)C(O)C(O)C4O)C3O)C(O)C2O)C1O. The number of esters is 3. The molecule has 0 aromatic heterocycles. The van der Waals surface area contributed by atoms with Gasteiger partial charge < -0.3 is 139 Å². The molecule has 9 fully saturated rings. The number of carbonyl (C=O) groups is 3. The van der Waals surface area contributed by atoms with Gasteiger partial charge in [-0.2, -0.15) is 0 Å². The molecule has 5 aliphatic carbocycles. The van der Waals surface area contributed by atoms with Gasteiger partial charge in [-0.3, -0.25) is 14.4 Å². The Balaban J connectivity index is 0.908. The summed E-state index contributed by atoms with van der Waals surface area (Å²) in [6.07, 6.45) is -42.1. The Kier molecular flexibility index (Phi) is 23.2. The van der Waals surface area contributed by atoms with Crippen LogP contribution in [0.15, 0.2) is 11.6 Å². The molecule has 0 bridgehead atoms. The lowest BCUT2D eigenvalue weighted by Gasteiger charge is -2.72. The van der Waals surface area contributed by atoms with Gasteiger partial charge in [0.2, 0.25) is 6.29 Å². The molecule has 0 amide bonds. The Morgan fingerprint density at radius 2 is 1.15 bits per heavy atom. The summed E-state index contributed by atoms with van der Waals surface area (Å²) in [5.74, 6) is -3.89. The van der Waals surface area contributed by atoms with Gasteiger partial charge in [-0.25, -0.2) is 0 Å². The lowest BCUT2D eigenvalue weighted by atomic mass is 9.33. The molecule has 37 unspecified atom stereocenters. The van der Waals surface area contributed by atoms with Crippen molar-refractivity contribution in [1.82, 2.24) is 0 Å². The maximum absolute atomic E-state index is 15.9. The smallest absolute Gasteiger partial charge is 0.317 e. The molecule has 4 saturated carbocycles. The van der Waals surface area contributed by atoms with E-state index in [0.717, 1.165) is 5.57 Å². The van der Waals surface area contributed by atoms with Gasteiger partial charge in [0.15, 0.2) is 37.4 Å². The van der Waals surface area contributed by atoms with Crippen molar-refractivity contribution < 1.29 is 153 Å². The van der Waals surface area contributed by atoms with Gasteiger partial charge >= 0.3 is 17.9 Å². The number of allylic oxidation sites excluding steroid dienone is 2. The van der Waals surface area contributed by atoms with Gasteiger partial charge in [0.05, 0.1) is 75.4 Å². The Bertz CT molecular complexity index is 2810. The predicted octanol–water partition coefficient (Wildman–Crippen LogP) is -2.93. The molecule has 31 nitrogen and oxygen atoms in total. The molecule has 0 aromatic carbocycles. The van der Waals surface area contributed by atoms with E-state index in [1.54, 1.807) is 0 Å². The van der Waals surface area contributed by atoms with Crippen LogP contribution in [0.1, 0.15) is 140 Å². The van der Waals surface area contributed by atoms with E-state index in [1.807, 2.05) is 6.92 Å². The van der Waals surface area contributed by atoms with Crippen molar-refractivity contribution in [1.29, 1.82) is 0 Å². The molecule has 37 atom stereocenters. The van der Waals surface area contributed by atoms with Gasteiger partial charge in [0.1, 0.15) is 97.0 Å². The van der Waals surface area contributed by atoms with E-state index >= 15 is 4.79 Å². The molecule has 31 heteroatoms. The maximum atomic E-state index is 15.9. The molecule has 0 aromatic rings. The summed E-state index contributed by atoms with van der Waals surface area (Å²) in [4.78, 5) is 42.0. The van der Waals surface area contributed by atoms with Gasteiger partial charge in [-0.15, -0.1) is 0 Å². The lowest BCUT2D eigenvalue weighted by molar-refractivity contribution is -0.380. The number of ether oxygens (including phenoxy) is 12. The molecule has 10 aliphatic rings. The standard InChI is InChI=1S/C67H108O31/c1-26(70)18-39(74)88-27(2)19-40(75)93-52-30(5)91-60(54(49(52)84)96-58-48(83)45(80)51(29(4)90-58)94-56-50(85)53(34(72)24-87-56)95-57-46(81)43(78)41(76)28(3)89-57)98-61(86)67-17-16-62(6,7)20-32(67)31-12-13-37-63(8)21-33(71)55(97-59-47(82)44(79)42(77)35(23-68)92-59)64(9,25-69)36(63)14-15-65(37,10)66(31,11)22-38(67)73/h12,26-30,32-38,41-60,68-73,76-85H,13-25H2,1-11H3. The first-order valence-corrected chi connectivity index (χ1v) is 34.6. The molecule has 562 valence electrons. The van der Waals surface area contributed by atoms with Crippen LogP contribution in [0.5, 0.6) is 0 Å². The van der Waals surface area contributed by atoms with Gasteiger partial charge in [-0.1, -0.05) is 53.2 Å². The van der Waals surface area contributed by atoms with Crippen LogP contribution in [0.4, 0.5) is 0 Å². The number of aliphatic hydroxyl groups is 16. The molecular formula is C67H108O31. The van der Waals surface area contributed by atoms with Gasteiger partial charge in [-0.05, 0) is 125 Å². The summed E-state index contributed by atoms with van der Waals surface area (Å²) in [5.41, 5.74) is -4.46. The summed E-state index contributed by atoms with van der Waals surface area (Å²) in [7, 11) is 0. The molecule has 0 radical (unpaired) electrons. The van der Waals surface area contributed by atoms with E-state index in [4.69, 9.17) is 56.8 Å². The average Bonchev–Trinajstić information content (AvgIpc) is 0.670. The second-order valence-electron chi connectivity index (χ2n) is 31.7. The van der Waals surface area contributed by atoms with Crippen molar-refractivity contribution in [3.63, 3.8) is 0 Å². The zero-order chi connectivity index (χ0) is 72.2. The number of fused-ring (bicyclic) bond motifs is 7. The lowest BCUT2D eigenvalue weighted by Crippen LogP contribution is -2.70. The first kappa shape index (κ1) is 77.8. The van der Waals surface area contributed by atoms with E-state index in [9.17, 15) is 91.3 Å². The Labute approximate surface area is 569 Å². The summed E-state index contributed by atoms with van der Waals surface area (Å²) < 4.78 is 71.4. The number of hydrogen-bond acceptors (Lipinski definition) is 31. The molecule has 5 saturated heterocycles. The summed E-state index contributed by atoms with van der Waals surface area (Å²) >= 11 is 0. The maximum Gasteiger partial charge on any atom is 0.317 e. The zero-order valence-electron chi connectivity index (χ0n) is 57.5. The number of carbonyl (C=O) groups excluding carboxylic acids is 3. The first-order valence-electron chi connectivity index (χ1n) is 34.6. The largest absolute Gasteiger partial charge is 0.462 e. The highest BCUT2D eigenvalue weighted by Crippen LogP contribution is 2.76. The van der Waals surface area contributed by atoms with Gasteiger partial charge in [0, 0.05) is 5.41 Å². The molecular weight excluding hydrogens is 1300 g/mol. The fraction of sp³-hybridized carbons (Fsp3) is 0.925. The van der Waals surface area contributed by atoms with Crippen LogP contribution < -0.4 is 0 Å². The van der Waals surface area contributed by atoms with E-state index in [2.05, 4.69) is 40.7 Å². The summed E-state index contributed by atoms with van der Waals surface area (Å²) in [6, 6.07) is 0. The summed E-state index contributed by atoms with van der Waals surface area (Å²) in [6.45, 7) is 17.7. The Hall–Kier alpha value is -2.85. The Morgan fingerprint density at radius 1 is 0.561 bits per heavy atom. The number of rotatable bonds is 18. The van der Waals surface area contributed by atoms with Gasteiger partial charge in [0.25, 0.3) is 0 Å². The van der Waals surface area contributed by atoms with Crippen molar-refractivity contribution in [2.75, 3.05) is 19.8 Å². The molecule has 0 spiro atoms. The number of hydrogen-bond donors (Lipinski definition) is 16. The van der Waals surface area contributed by atoms with Crippen LogP contribution in [0.3, 0.4) is 0 Å². The third-order valence-electron chi connectivity index (χ3n) is 24.6. The van der Waals surface area contributed by atoms with Crippen LogP contribution in [0, 0.1) is 50.2 Å². The highest BCUT2D eigenvalue weighted by molar-refractivity contribution is 5.80. The monoisotopic (exact) mass is 1410 g/mol. The van der Waals surface area contributed by atoms with Crippen molar-refractivity contribution in [2.24, 2.45) is 50.2 Å². The van der Waals surface area contributed by atoms with Crippen molar-refractivity contribution in [3.8, 4) is 0 Å². The van der Waals surface area contributed by atoms with E-state index in [-0.39, 0.29) is 37.5 Å². The van der Waals surface area contributed by atoms with Crippen LogP contribution in [0.2, 0.25) is 0 Å². The fourth-order valence-electron chi connectivity index (χ4n) is 19.0. The number of aliphatic hydroxyl groups excluding tert-OH is 16. The second kappa shape index (κ2) is 29.2. The predicted molar refractivity (Wildman–Crippen MR) is 330 cm³/mol. The quantitative estimate of drug-likeness (QED) is 0.0283. The molecule has 98 heavy (non-hydrogen) atoms. The van der Waals surface area contributed by atoms with E-state index < -0.39 is 261 Å². The fourth-order valence-corrected chi connectivity index (χ4v) is 19.0. The minimum atomic E-state index is -2.10. The topological polar surface area (TPSA) is 486 Å². The minimum absolute atomic E-state index is 0.0569. The Morgan fingerprint density at radius 3 is 1.80 bits per heavy atom. The van der Waals surface area contributed by atoms with Crippen molar-refractivity contribution in [2.45, 2.75) is 318 Å². The molecule has 5 aliphatic heterocycles. The van der Waals surface area contributed by atoms with Crippen LogP contribution in [-0.2, 0) is 71.2 Å². The average molecular weight is 1410 g/mol. The highest BCUT2D eigenvalue weighted by atomic mass is 16.8. The molecule has 5 heterocycles. The van der Waals surface area contributed by atoms with Crippen LogP contribution in [-0.4, -0.2) is 297 Å². The van der Waals surface area contributed by atoms with Crippen molar-refractivity contribution in [3.05, 3.63) is 11.6 Å². The minimum Gasteiger partial charge on any atom is -0.462 e. The van der Waals surface area contributed by atoms with Crippen LogP contribution >= 0.6 is 0 Å². The molecule has 10 rings (SSSR count). The normalized spacial score (nSPS) is 51.6. The summed E-state index contributed by atoms with van der Waals surface area (Å²) in [5, 5.41) is 179.